The molecule has 0 N–H and O–H groups in total. The van der Waals surface area contributed by atoms with E-state index in [0.717, 1.165) is 121 Å². The van der Waals surface area contributed by atoms with Crippen LogP contribution in [0.25, 0.3) is 121 Å². The average Bonchev–Trinajstić information content (AvgIpc) is 4.07. The summed E-state index contributed by atoms with van der Waals surface area (Å²) in [5.74, 6) is 0. The molecule has 0 amide bonds. The molecule has 0 aliphatic rings. The maximum atomic E-state index is 6.82. The Morgan fingerprint density at radius 3 is 1.65 bits per heavy atom. The third-order valence-electron chi connectivity index (χ3n) is 12.8. The number of rotatable bonds is 4. The van der Waals surface area contributed by atoms with Crippen LogP contribution in [0.4, 0.5) is 0 Å². The van der Waals surface area contributed by atoms with Crippen LogP contribution in [0.2, 0.25) is 0 Å². The van der Waals surface area contributed by atoms with Gasteiger partial charge in [-0.3, -0.25) is 0 Å². The molecule has 0 unspecified atom stereocenters. The van der Waals surface area contributed by atoms with Gasteiger partial charge in [-0.1, -0.05) is 102 Å². The van der Waals surface area contributed by atoms with Gasteiger partial charge in [0.2, 0.25) is 0 Å². The van der Waals surface area contributed by atoms with Crippen molar-refractivity contribution in [3.05, 3.63) is 170 Å². The zero-order valence-corrected chi connectivity index (χ0v) is 33.2. The molecule has 0 bridgehead atoms. The molecule has 278 valence electrons. The number of nitrogens with zero attached hydrogens (tertiary/aromatic N) is 2. The van der Waals surface area contributed by atoms with E-state index in [9.17, 15) is 0 Å². The fourth-order valence-electron chi connectivity index (χ4n) is 9.87. The maximum Gasteiger partial charge on any atom is 0.143 e. The first-order valence-corrected chi connectivity index (χ1v) is 20.6. The van der Waals surface area contributed by atoms with Crippen LogP contribution in [0.15, 0.2) is 179 Å². The van der Waals surface area contributed by atoms with Gasteiger partial charge in [0.1, 0.15) is 53.7 Å². The predicted molar refractivity (Wildman–Crippen MR) is 262 cm³/mol. The molecular formula is C54H28B4N2O2. The summed E-state index contributed by atoms with van der Waals surface area (Å²) in [7, 11) is 26.6. The minimum absolute atomic E-state index is 0.285. The number of hydrogen-bond acceptors (Lipinski definition) is 2. The topological polar surface area (TPSA) is 36.1 Å². The van der Waals surface area contributed by atoms with E-state index in [-0.39, 0.29) is 10.9 Å². The van der Waals surface area contributed by atoms with Crippen LogP contribution in [0.5, 0.6) is 0 Å². The Bertz CT molecular complexity index is 4040. The molecule has 13 aromatic rings. The van der Waals surface area contributed by atoms with E-state index in [1.54, 1.807) is 0 Å². The highest BCUT2D eigenvalue weighted by Crippen LogP contribution is 2.42. The summed E-state index contributed by atoms with van der Waals surface area (Å²) >= 11 is 0. The second kappa shape index (κ2) is 13.0. The average molecular weight is 780 g/mol. The van der Waals surface area contributed by atoms with Gasteiger partial charge in [0, 0.05) is 60.2 Å². The summed E-state index contributed by atoms with van der Waals surface area (Å²) in [6.45, 7) is 0. The minimum Gasteiger partial charge on any atom is -0.456 e. The summed E-state index contributed by atoms with van der Waals surface area (Å²) in [6, 6.07) is 59.3. The molecule has 0 saturated heterocycles. The van der Waals surface area contributed by atoms with Gasteiger partial charge in [-0.05, 0) is 101 Å². The fraction of sp³-hybridized carbons (Fsp3) is 0. The summed E-state index contributed by atoms with van der Waals surface area (Å²) in [4.78, 5) is 0. The third kappa shape index (κ3) is 4.89. The Morgan fingerprint density at radius 2 is 0.903 bits per heavy atom. The van der Waals surface area contributed by atoms with E-state index in [1.165, 1.54) is 0 Å². The van der Waals surface area contributed by atoms with Crippen LogP contribution in [-0.2, 0) is 0 Å². The Morgan fingerprint density at radius 1 is 0.339 bits per heavy atom. The Kier molecular flexibility index (Phi) is 7.37. The van der Waals surface area contributed by atoms with Crippen LogP contribution in [-0.4, -0.2) is 40.5 Å². The molecule has 0 spiro atoms. The van der Waals surface area contributed by atoms with Crippen molar-refractivity contribution in [2.24, 2.45) is 0 Å². The van der Waals surface area contributed by atoms with Crippen molar-refractivity contribution >= 4 is 141 Å². The van der Waals surface area contributed by atoms with Crippen molar-refractivity contribution < 1.29 is 8.83 Å². The Balaban J connectivity index is 1.07. The lowest BCUT2D eigenvalue weighted by atomic mass is 9.65. The van der Waals surface area contributed by atoms with E-state index in [0.29, 0.717) is 10.9 Å². The molecule has 0 saturated carbocycles. The van der Waals surface area contributed by atoms with E-state index in [2.05, 4.69) is 124 Å². The monoisotopic (exact) mass is 780 g/mol. The number of furan rings is 2. The number of aromatic nitrogens is 2. The van der Waals surface area contributed by atoms with Crippen LogP contribution >= 0.6 is 0 Å². The van der Waals surface area contributed by atoms with Gasteiger partial charge in [0.25, 0.3) is 0 Å². The van der Waals surface area contributed by atoms with E-state index in [1.807, 2.05) is 54.6 Å². The smallest absolute Gasteiger partial charge is 0.143 e. The molecular weight excluding hydrogens is 752 g/mol. The highest BCUT2D eigenvalue weighted by molar-refractivity contribution is 6.67. The SMILES string of the molecule is [B]c1c([B])c([B])c2c(c1[B])c1cc(-c3ccc4c(c3)c3cc(-c5cccc6c5oc5ccccc56)ccc3n4-c3ccc4oc5ccccc5c4c3)ccc1n2-c1ccccc1. The third-order valence-corrected chi connectivity index (χ3v) is 12.8. The van der Waals surface area contributed by atoms with Gasteiger partial charge in [-0.2, -0.15) is 0 Å². The Labute approximate surface area is 360 Å². The molecule has 4 aromatic heterocycles. The van der Waals surface area contributed by atoms with Gasteiger partial charge in [0.05, 0.1) is 16.6 Å². The lowest BCUT2D eigenvalue weighted by Gasteiger charge is -2.16. The minimum atomic E-state index is 0.285. The van der Waals surface area contributed by atoms with Gasteiger partial charge >= 0.3 is 0 Å². The van der Waals surface area contributed by atoms with Crippen molar-refractivity contribution in [2.75, 3.05) is 0 Å². The van der Waals surface area contributed by atoms with E-state index >= 15 is 0 Å². The van der Waals surface area contributed by atoms with Crippen LogP contribution in [0, 0.1) is 0 Å². The summed E-state index contributed by atoms with van der Waals surface area (Å²) in [5, 5.41) is 8.30. The molecule has 0 aliphatic carbocycles. The normalized spacial score (nSPS) is 12.1. The zero-order chi connectivity index (χ0) is 41.4. The van der Waals surface area contributed by atoms with Crippen molar-refractivity contribution in [3.8, 4) is 33.6 Å². The van der Waals surface area contributed by atoms with E-state index in [4.69, 9.17) is 40.2 Å². The molecule has 8 heteroatoms. The van der Waals surface area contributed by atoms with Crippen LogP contribution in [0.3, 0.4) is 0 Å². The van der Waals surface area contributed by atoms with Gasteiger partial charge in [0.15, 0.2) is 0 Å². The molecule has 62 heavy (non-hydrogen) atoms. The van der Waals surface area contributed by atoms with Crippen LogP contribution in [0.1, 0.15) is 0 Å². The molecule has 9 aromatic carbocycles. The molecule has 13 rings (SSSR count). The second-order valence-corrected chi connectivity index (χ2v) is 16.1. The van der Waals surface area contributed by atoms with Crippen molar-refractivity contribution in [1.29, 1.82) is 0 Å². The van der Waals surface area contributed by atoms with E-state index < -0.39 is 0 Å². The summed E-state index contributed by atoms with van der Waals surface area (Å²) in [5.41, 5.74) is 14.9. The molecule has 4 nitrogen and oxygen atoms in total. The number of para-hydroxylation sites is 4. The first-order valence-electron chi connectivity index (χ1n) is 20.6. The molecule has 0 fully saturated rings. The standard InChI is InChI=1S/C54H28B4N2O2/c55-49-48-41-26-30(18-22-44(41)60(32-9-2-1-3-10-32)53(48)52(58)51(57)50(49)56)29-17-21-42-38(25-29)39-27-31(34-13-8-14-37-35-11-4-7-16-46(35)62-54(34)37)19-23-43(39)59(42)33-20-24-47-40(28-33)36-12-5-6-15-45(36)61-47/h1-28H. The quantitative estimate of drug-likeness (QED) is 0.167. The van der Waals surface area contributed by atoms with Crippen molar-refractivity contribution in [2.45, 2.75) is 0 Å². The lowest BCUT2D eigenvalue weighted by Crippen LogP contribution is -2.48. The number of benzene rings is 9. The van der Waals surface area contributed by atoms with Gasteiger partial charge < -0.3 is 18.0 Å². The summed E-state index contributed by atoms with van der Waals surface area (Å²) < 4.78 is 17.3. The molecule has 0 aliphatic heterocycles. The van der Waals surface area contributed by atoms with Gasteiger partial charge in [-0.25, -0.2) is 0 Å². The number of hydrogen-bond donors (Lipinski definition) is 0. The fourth-order valence-corrected chi connectivity index (χ4v) is 9.87. The first kappa shape index (κ1) is 35.2. The Hall–Kier alpha value is -7.56. The highest BCUT2D eigenvalue weighted by atomic mass is 16.3. The largest absolute Gasteiger partial charge is 0.456 e. The van der Waals surface area contributed by atoms with Crippen molar-refractivity contribution in [3.63, 3.8) is 0 Å². The second-order valence-electron chi connectivity index (χ2n) is 16.1. The maximum absolute atomic E-state index is 6.82. The predicted octanol–water partition coefficient (Wildman–Crippen LogP) is 10.2. The van der Waals surface area contributed by atoms with Crippen LogP contribution < -0.4 is 21.9 Å². The highest BCUT2D eigenvalue weighted by Gasteiger charge is 2.21. The van der Waals surface area contributed by atoms with Gasteiger partial charge in [-0.15, -0.1) is 10.9 Å². The number of fused-ring (bicyclic) bond motifs is 12. The zero-order valence-electron chi connectivity index (χ0n) is 33.2. The lowest BCUT2D eigenvalue weighted by molar-refractivity contribution is 0.669. The first-order chi connectivity index (χ1) is 30.4. The van der Waals surface area contributed by atoms with Crippen molar-refractivity contribution in [1.82, 2.24) is 9.13 Å². The molecule has 8 radical (unpaired) electrons. The molecule has 4 heterocycles. The summed E-state index contributed by atoms with van der Waals surface area (Å²) in [6.07, 6.45) is 0. The molecule has 0 atom stereocenters.